The summed E-state index contributed by atoms with van der Waals surface area (Å²) in [6.45, 7) is 6.49. The van der Waals surface area contributed by atoms with E-state index in [1.807, 2.05) is 26.5 Å². The summed E-state index contributed by atoms with van der Waals surface area (Å²) in [6, 6.07) is 0. The largest absolute Gasteiger partial charge is 0.469 e. The van der Waals surface area contributed by atoms with Crippen LogP contribution in [-0.4, -0.2) is 41.1 Å². The Bertz CT molecular complexity index is 376. The second-order valence-corrected chi connectivity index (χ2v) is 4.70. The van der Waals surface area contributed by atoms with Gasteiger partial charge in [0, 0.05) is 25.8 Å². The summed E-state index contributed by atoms with van der Waals surface area (Å²) >= 11 is 0. The molecule has 1 unspecified atom stereocenters. The fourth-order valence-electron chi connectivity index (χ4n) is 2.01. The van der Waals surface area contributed by atoms with Gasteiger partial charge in [0.25, 0.3) is 0 Å². The number of rotatable bonds is 7. The summed E-state index contributed by atoms with van der Waals surface area (Å²) in [5.41, 5.74) is 1.18. The summed E-state index contributed by atoms with van der Waals surface area (Å²) in [5, 5.41) is 0. The minimum atomic E-state index is -0.163. The molecular weight excluding hydrogens is 230 g/mol. The second kappa shape index (κ2) is 7.16. The van der Waals surface area contributed by atoms with Crippen LogP contribution >= 0.6 is 0 Å². The molecule has 0 fully saturated rings. The lowest BCUT2D eigenvalue weighted by Crippen LogP contribution is -2.29. The molecule has 0 saturated carbocycles. The summed E-state index contributed by atoms with van der Waals surface area (Å²) in [7, 11) is 3.43. The average Bonchev–Trinajstić information content (AvgIpc) is 2.75. The fourth-order valence-corrected chi connectivity index (χ4v) is 2.01. The number of hydrogen-bond donors (Lipinski definition) is 0. The molecule has 0 spiro atoms. The minimum absolute atomic E-state index is 0.109. The van der Waals surface area contributed by atoms with Gasteiger partial charge < -0.3 is 9.30 Å². The Balaban J connectivity index is 2.51. The van der Waals surface area contributed by atoms with Crippen molar-refractivity contribution in [2.24, 2.45) is 5.92 Å². The van der Waals surface area contributed by atoms with Gasteiger partial charge >= 0.3 is 5.97 Å². The van der Waals surface area contributed by atoms with E-state index >= 15 is 0 Å². The van der Waals surface area contributed by atoms with Crippen molar-refractivity contribution in [2.75, 3.05) is 20.7 Å². The normalized spacial score (nSPS) is 12.7. The molecule has 1 rings (SSSR count). The summed E-state index contributed by atoms with van der Waals surface area (Å²) in [6.07, 6.45) is 4.83. The smallest absolute Gasteiger partial charge is 0.309 e. The molecule has 0 radical (unpaired) electrons. The van der Waals surface area contributed by atoms with Gasteiger partial charge in [-0.25, -0.2) is 4.98 Å². The first-order valence-electron chi connectivity index (χ1n) is 6.33. The van der Waals surface area contributed by atoms with Gasteiger partial charge in [0.1, 0.15) is 0 Å². The van der Waals surface area contributed by atoms with Crippen molar-refractivity contribution in [3.8, 4) is 0 Å². The molecule has 0 aliphatic rings. The standard InChI is InChI=1S/C13H23N3O2/c1-5-6-16-10-14-7-12(16)9-15(3)8-11(2)13(17)18-4/h7,10-11H,5-6,8-9H2,1-4H3. The Morgan fingerprint density at radius 2 is 2.33 bits per heavy atom. The van der Waals surface area contributed by atoms with Gasteiger partial charge in [0.05, 0.1) is 25.0 Å². The van der Waals surface area contributed by atoms with Gasteiger partial charge in [-0.15, -0.1) is 0 Å². The number of carbonyl (C=O) groups is 1. The maximum atomic E-state index is 11.4. The van der Waals surface area contributed by atoms with Crippen LogP contribution in [0.25, 0.3) is 0 Å². The molecule has 0 saturated heterocycles. The van der Waals surface area contributed by atoms with E-state index in [0.717, 1.165) is 19.5 Å². The number of hydrogen-bond acceptors (Lipinski definition) is 4. The van der Waals surface area contributed by atoms with Gasteiger partial charge in [-0.2, -0.15) is 0 Å². The number of esters is 1. The Morgan fingerprint density at radius 3 is 2.94 bits per heavy atom. The van der Waals surface area contributed by atoms with E-state index in [4.69, 9.17) is 4.74 Å². The van der Waals surface area contributed by atoms with E-state index in [9.17, 15) is 4.79 Å². The Hall–Kier alpha value is -1.36. The molecular formula is C13H23N3O2. The topological polar surface area (TPSA) is 47.4 Å². The second-order valence-electron chi connectivity index (χ2n) is 4.70. The third-order valence-electron chi connectivity index (χ3n) is 2.88. The van der Waals surface area contributed by atoms with Crippen LogP contribution in [0, 0.1) is 5.92 Å². The molecule has 1 aromatic rings. The zero-order chi connectivity index (χ0) is 13.5. The Kier molecular flexibility index (Phi) is 5.85. The van der Waals surface area contributed by atoms with E-state index in [-0.39, 0.29) is 11.9 Å². The molecule has 5 nitrogen and oxygen atoms in total. The summed E-state index contributed by atoms with van der Waals surface area (Å²) in [5.74, 6) is -0.272. The van der Waals surface area contributed by atoms with Gasteiger partial charge in [0.15, 0.2) is 0 Å². The number of methoxy groups -OCH3 is 1. The first kappa shape index (κ1) is 14.7. The third-order valence-corrected chi connectivity index (χ3v) is 2.88. The summed E-state index contributed by atoms with van der Waals surface area (Å²) in [4.78, 5) is 17.6. The Morgan fingerprint density at radius 1 is 1.61 bits per heavy atom. The molecule has 1 atom stereocenters. The van der Waals surface area contributed by atoms with Crippen LogP contribution in [0.4, 0.5) is 0 Å². The number of imidazole rings is 1. The lowest BCUT2D eigenvalue weighted by molar-refractivity contribution is -0.145. The van der Waals surface area contributed by atoms with Crippen LogP contribution in [0.15, 0.2) is 12.5 Å². The lowest BCUT2D eigenvalue weighted by atomic mass is 10.2. The third kappa shape index (κ3) is 4.14. The highest BCUT2D eigenvalue weighted by atomic mass is 16.5. The van der Waals surface area contributed by atoms with Crippen molar-refractivity contribution in [3.63, 3.8) is 0 Å². The van der Waals surface area contributed by atoms with E-state index < -0.39 is 0 Å². The van der Waals surface area contributed by atoms with Gasteiger partial charge in [0.2, 0.25) is 0 Å². The zero-order valence-electron chi connectivity index (χ0n) is 11.7. The van der Waals surface area contributed by atoms with Crippen molar-refractivity contribution in [2.45, 2.75) is 33.4 Å². The molecule has 1 heterocycles. The highest BCUT2D eigenvalue weighted by Gasteiger charge is 2.16. The fraction of sp³-hybridized carbons (Fsp3) is 0.692. The van der Waals surface area contributed by atoms with Crippen LogP contribution in [0.1, 0.15) is 26.0 Å². The van der Waals surface area contributed by atoms with Crippen molar-refractivity contribution in [1.82, 2.24) is 14.5 Å². The molecule has 0 N–H and O–H groups in total. The van der Waals surface area contributed by atoms with Crippen molar-refractivity contribution < 1.29 is 9.53 Å². The molecule has 0 bridgehead atoms. The first-order chi connectivity index (χ1) is 8.58. The van der Waals surface area contributed by atoms with Gasteiger partial charge in [-0.3, -0.25) is 9.69 Å². The van der Waals surface area contributed by atoms with E-state index in [2.05, 4.69) is 21.4 Å². The number of carbonyl (C=O) groups excluding carboxylic acids is 1. The van der Waals surface area contributed by atoms with Crippen LogP contribution in [0.5, 0.6) is 0 Å². The lowest BCUT2D eigenvalue weighted by Gasteiger charge is -2.20. The SMILES string of the molecule is CCCn1cncc1CN(C)CC(C)C(=O)OC. The monoisotopic (exact) mass is 253 g/mol. The van der Waals surface area contributed by atoms with Gasteiger partial charge in [-0.05, 0) is 13.5 Å². The quantitative estimate of drug-likeness (QED) is 0.691. The van der Waals surface area contributed by atoms with E-state index in [0.29, 0.717) is 6.54 Å². The predicted octanol–water partition coefficient (Wildman–Crippen LogP) is 1.53. The highest BCUT2D eigenvalue weighted by Crippen LogP contribution is 2.07. The molecule has 0 aromatic carbocycles. The maximum Gasteiger partial charge on any atom is 0.309 e. The number of nitrogens with zero attached hydrogens (tertiary/aromatic N) is 3. The molecule has 18 heavy (non-hydrogen) atoms. The van der Waals surface area contributed by atoms with Crippen LogP contribution in [0.3, 0.4) is 0 Å². The van der Waals surface area contributed by atoms with Crippen LogP contribution in [0.2, 0.25) is 0 Å². The zero-order valence-corrected chi connectivity index (χ0v) is 11.7. The van der Waals surface area contributed by atoms with Crippen LogP contribution < -0.4 is 0 Å². The molecule has 5 heteroatoms. The van der Waals surface area contributed by atoms with Crippen molar-refractivity contribution >= 4 is 5.97 Å². The number of aryl methyl sites for hydroxylation is 1. The maximum absolute atomic E-state index is 11.4. The predicted molar refractivity (Wildman–Crippen MR) is 70.0 cm³/mol. The number of aromatic nitrogens is 2. The molecule has 0 amide bonds. The molecule has 0 aliphatic carbocycles. The van der Waals surface area contributed by atoms with Gasteiger partial charge in [-0.1, -0.05) is 13.8 Å². The van der Waals surface area contributed by atoms with E-state index in [1.165, 1.54) is 12.8 Å². The van der Waals surface area contributed by atoms with Crippen molar-refractivity contribution in [1.29, 1.82) is 0 Å². The minimum Gasteiger partial charge on any atom is -0.469 e. The molecule has 1 aromatic heterocycles. The molecule has 0 aliphatic heterocycles. The van der Waals surface area contributed by atoms with Crippen LogP contribution in [-0.2, 0) is 22.6 Å². The number of ether oxygens (including phenoxy) is 1. The Labute approximate surface area is 109 Å². The first-order valence-corrected chi connectivity index (χ1v) is 6.33. The summed E-state index contributed by atoms with van der Waals surface area (Å²) < 4.78 is 6.88. The average molecular weight is 253 g/mol. The van der Waals surface area contributed by atoms with Crippen molar-refractivity contribution in [3.05, 3.63) is 18.2 Å². The highest BCUT2D eigenvalue weighted by molar-refractivity contribution is 5.72. The van der Waals surface area contributed by atoms with E-state index in [1.54, 1.807) is 0 Å². The molecule has 102 valence electrons.